The topological polar surface area (TPSA) is 52.3 Å². The van der Waals surface area contributed by atoms with Crippen LogP contribution in [0.2, 0.25) is 0 Å². The minimum Gasteiger partial charge on any atom is -0.448 e. The summed E-state index contributed by atoms with van der Waals surface area (Å²) in [6, 6.07) is 0.0940. The van der Waals surface area contributed by atoms with E-state index in [1.807, 2.05) is 13.0 Å². The first kappa shape index (κ1) is 12.8. The normalized spacial score (nSPS) is 24.7. The SMILES string of the molecule is CCCCP(=O)(CC)OC1=CC(N)CC1. The van der Waals surface area contributed by atoms with Gasteiger partial charge in [-0.05, 0) is 18.9 Å². The highest BCUT2D eigenvalue weighted by Crippen LogP contribution is 2.50. The Morgan fingerprint density at radius 3 is 2.80 bits per heavy atom. The van der Waals surface area contributed by atoms with Crippen LogP contribution in [0.15, 0.2) is 11.8 Å². The molecule has 0 saturated carbocycles. The van der Waals surface area contributed by atoms with Crippen LogP contribution in [0, 0.1) is 0 Å². The van der Waals surface area contributed by atoms with Crippen molar-refractivity contribution in [3.8, 4) is 0 Å². The first-order valence-electron chi connectivity index (χ1n) is 5.83. The molecule has 0 aromatic carbocycles. The summed E-state index contributed by atoms with van der Waals surface area (Å²) < 4.78 is 18.0. The molecule has 4 heteroatoms. The summed E-state index contributed by atoms with van der Waals surface area (Å²) in [4.78, 5) is 0. The fourth-order valence-electron chi connectivity index (χ4n) is 1.67. The van der Waals surface area contributed by atoms with Crippen LogP contribution in [0.25, 0.3) is 0 Å². The predicted octanol–water partition coefficient (Wildman–Crippen LogP) is 3.11. The zero-order valence-corrected chi connectivity index (χ0v) is 10.6. The Hall–Kier alpha value is -0.270. The summed E-state index contributed by atoms with van der Waals surface area (Å²) >= 11 is 0. The molecule has 0 amide bonds. The third-order valence-corrected chi connectivity index (χ3v) is 5.27. The molecule has 0 aliphatic heterocycles. The van der Waals surface area contributed by atoms with E-state index >= 15 is 0 Å². The third-order valence-electron chi connectivity index (χ3n) is 2.74. The quantitative estimate of drug-likeness (QED) is 0.714. The van der Waals surface area contributed by atoms with Gasteiger partial charge in [-0.15, -0.1) is 0 Å². The number of rotatable bonds is 6. The monoisotopic (exact) mass is 231 g/mol. The highest BCUT2D eigenvalue weighted by Gasteiger charge is 2.24. The van der Waals surface area contributed by atoms with Crippen molar-refractivity contribution in [2.24, 2.45) is 5.73 Å². The van der Waals surface area contributed by atoms with Gasteiger partial charge in [-0.2, -0.15) is 0 Å². The van der Waals surface area contributed by atoms with Gasteiger partial charge in [0, 0.05) is 24.8 Å². The fourth-order valence-corrected chi connectivity index (χ4v) is 3.59. The Balaban J connectivity index is 2.52. The molecule has 0 heterocycles. The molecule has 1 aliphatic carbocycles. The summed E-state index contributed by atoms with van der Waals surface area (Å²) in [7, 11) is -2.42. The largest absolute Gasteiger partial charge is 0.448 e. The summed E-state index contributed by atoms with van der Waals surface area (Å²) in [5.74, 6) is 0.851. The first-order valence-corrected chi connectivity index (χ1v) is 7.83. The average Bonchev–Trinajstić information content (AvgIpc) is 2.61. The number of unbranched alkanes of at least 4 members (excludes halogenated alkanes) is 1. The van der Waals surface area contributed by atoms with Crippen LogP contribution >= 0.6 is 7.37 Å². The number of hydrogen-bond acceptors (Lipinski definition) is 3. The van der Waals surface area contributed by atoms with E-state index in [2.05, 4.69) is 6.92 Å². The number of allylic oxidation sites excluding steroid dienone is 1. The average molecular weight is 231 g/mol. The number of nitrogens with two attached hydrogens (primary N) is 1. The molecule has 0 saturated heterocycles. The van der Waals surface area contributed by atoms with Crippen LogP contribution < -0.4 is 5.73 Å². The van der Waals surface area contributed by atoms with E-state index in [4.69, 9.17) is 10.3 Å². The van der Waals surface area contributed by atoms with Gasteiger partial charge in [0.1, 0.15) is 5.76 Å². The van der Waals surface area contributed by atoms with E-state index in [0.29, 0.717) is 12.3 Å². The lowest BCUT2D eigenvalue weighted by atomic mass is 10.3. The van der Waals surface area contributed by atoms with Crippen LogP contribution in [0.1, 0.15) is 39.5 Å². The molecule has 1 aliphatic rings. The minimum absolute atomic E-state index is 0.0940. The Bertz CT molecular complexity index is 276. The molecule has 0 spiro atoms. The molecule has 3 nitrogen and oxygen atoms in total. The molecular formula is C11H22NO2P. The maximum atomic E-state index is 12.3. The van der Waals surface area contributed by atoms with Crippen molar-refractivity contribution in [2.75, 3.05) is 12.3 Å². The van der Waals surface area contributed by atoms with Gasteiger partial charge >= 0.3 is 0 Å². The zero-order chi connectivity index (χ0) is 11.3. The van der Waals surface area contributed by atoms with Crippen LogP contribution in [0.4, 0.5) is 0 Å². The smallest absolute Gasteiger partial charge is 0.247 e. The highest BCUT2D eigenvalue weighted by atomic mass is 31.2. The molecule has 2 N–H and O–H groups in total. The summed E-state index contributed by atoms with van der Waals surface area (Å²) in [5, 5.41) is 0. The lowest BCUT2D eigenvalue weighted by Gasteiger charge is -2.18. The van der Waals surface area contributed by atoms with E-state index in [-0.39, 0.29) is 6.04 Å². The highest BCUT2D eigenvalue weighted by molar-refractivity contribution is 7.59. The van der Waals surface area contributed by atoms with Gasteiger partial charge in [-0.1, -0.05) is 20.3 Å². The first-order chi connectivity index (χ1) is 7.09. The maximum absolute atomic E-state index is 12.3. The molecule has 1 rings (SSSR count). The molecule has 0 bridgehead atoms. The van der Waals surface area contributed by atoms with Gasteiger partial charge in [0.15, 0.2) is 0 Å². The second kappa shape index (κ2) is 5.72. The molecule has 0 aromatic heterocycles. The summed E-state index contributed by atoms with van der Waals surface area (Å²) in [6.45, 7) is 4.04. The van der Waals surface area contributed by atoms with Gasteiger partial charge < -0.3 is 10.3 Å². The molecule has 2 unspecified atom stereocenters. The van der Waals surface area contributed by atoms with E-state index in [1.54, 1.807) is 0 Å². The van der Waals surface area contributed by atoms with E-state index in [0.717, 1.165) is 31.4 Å². The lowest BCUT2D eigenvalue weighted by Crippen LogP contribution is -2.11. The molecule has 15 heavy (non-hydrogen) atoms. The van der Waals surface area contributed by atoms with Gasteiger partial charge in [0.2, 0.25) is 7.37 Å². The summed E-state index contributed by atoms with van der Waals surface area (Å²) in [6.07, 6.45) is 7.04. The van der Waals surface area contributed by atoms with Crippen molar-refractivity contribution < 1.29 is 9.09 Å². The van der Waals surface area contributed by atoms with Crippen molar-refractivity contribution in [3.05, 3.63) is 11.8 Å². The standard InChI is InChI=1S/C11H22NO2P/c1-3-5-8-15(13,4-2)14-11-7-6-10(12)9-11/h9-10H,3-8,12H2,1-2H3. The van der Waals surface area contributed by atoms with Crippen LogP contribution in [0.3, 0.4) is 0 Å². The molecule has 0 aromatic rings. The molecule has 2 atom stereocenters. The van der Waals surface area contributed by atoms with E-state index in [9.17, 15) is 4.57 Å². The third kappa shape index (κ3) is 4.00. The Morgan fingerprint density at radius 1 is 1.60 bits per heavy atom. The van der Waals surface area contributed by atoms with Crippen LogP contribution in [-0.2, 0) is 9.09 Å². The van der Waals surface area contributed by atoms with Crippen molar-refractivity contribution in [1.82, 2.24) is 0 Å². The fraction of sp³-hybridized carbons (Fsp3) is 0.818. The Morgan fingerprint density at radius 2 is 2.33 bits per heavy atom. The minimum atomic E-state index is -2.42. The van der Waals surface area contributed by atoms with Crippen molar-refractivity contribution in [3.63, 3.8) is 0 Å². The zero-order valence-electron chi connectivity index (χ0n) is 9.74. The van der Waals surface area contributed by atoms with E-state index in [1.165, 1.54) is 0 Å². The van der Waals surface area contributed by atoms with E-state index < -0.39 is 7.37 Å². The van der Waals surface area contributed by atoms with Crippen molar-refractivity contribution >= 4 is 7.37 Å². The predicted molar refractivity (Wildman–Crippen MR) is 64.3 cm³/mol. The van der Waals surface area contributed by atoms with Gasteiger partial charge in [0.05, 0.1) is 0 Å². The molecule has 0 fully saturated rings. The molecular weight excluding hydrogens is 209 g/mol. The lowest BCUT2D eigenvalue weighted by molar-refractivity contribution is 0.392. The van der Waals surface area contributed by atoms with Crippen molar-refractivity contribution in [2.45, 2.75) is 45.6 Å². The Labute approximate surface area is 92.5 Å². The number of hydrogen-bond donors (Lipinski definition) is 1. The molecule has 88 valence electrons. The van der Waals surface area contributed by atoms with Crippen LogP contribution in [-0.4, -0.2) is 18.4 Å². The van der Waals surface area contributed by atoms with Gasteiger partial charge in [-0.3, -0.25) is 4.57 Å². The van der Waals surface area contributed by atoms with Crippen LogP contribution in [0.5, 0.6) is 0 Å². The van der Waals surface area contributed by atoms with Gasteiger partial charge in [-0.25, -0.2) is 0 Å². The molecule has 0 radical (unpaired) electrons. The Kier molecular flexibility index (Phi) is 4.88. The van der Waals surface area contributed by atoms with Gasteiger partial charge in [0.25, 0.3) is 0 Å². The van der Waals surface area contributed by atoms with Crippen molar-refractivity contribution in [1.29, 1.82) is 0 Å². The second-order valence-corrected chi connectivity index (χ2v) is 7.03. The maximum Gasteiger partial charge on any atom is 0.247 e. The summed E-state index contributed by atoms with van der Waals surface area (Å²) in [5.41, 5.74) is 5.74. The second-order valence-electron chi connectivity index (χ2n) is 4.13.